The number of ether oxygens (including phenoxy) is 2. The molecule has 0 saturated carbocycles. The average Bonchev–Trinajstić information content (AvgIpc) is 2.58. The highest BCUT2D eigenvalue weighted by molar-refractivity contribution is 5.85. The van der Waals surface area contributed by atoms with Gasteiger partial charge in [0, 0.05) is 31.3 Å². The largest absolute Gasteiger partial charge is 0.490 e. The Morgan fingerprint density at radius 1 is 1.48 bits per heavy atom. The SMILES string of the molecule is COc1cc(OCC(=O)N2CCC(C)CC2CN)ccc1[N+](=O)[O-].Cl. The Labute approximate surface area is 152 Å². The van der Waals surface area contributed by atoms with Crippen LogP contribution in [0.1, 0.15) is 19.8 Å². The van der Waals surface area contributed by atoms with Crippen molar-refractivity contribution in [2.24, 2.45) is 11.7 Å². The molecule has 1 aliphatic rings. The summed E-state index contributed by atoms with van der Waals surface area (Å²) in [6, 6.07) is 4.19. The van der Waals surface area contributed by atoms with Gasteiger partial charge in [0.15, 0.2) is 6.61 Å². The molecule has 0 aromatic heterocycles. The van der Waals surface area contributed by atoms with Gasteiger partial charge in [0.1, 0.15) is 5.75 Å². The molecule has 2 rings (SSSR count). The molecule has 2 unspecified atom stereocenters. The number of nitrogens with zero attached hydrogens (tertiary/aromatic N) is 2. The van der Waals surface area contributed by atoms with E-state index in [0.717, 1.165) is 12.8 Å². The van der Waals surface area contributed by atoms with E-state index < -0.39 is 4.92 Å². The molecular formula is C16H24ClN3O5. The van der Waals surface area contributed by atoms with E-state index in [1.807, 2.05) is 0 Å². The molecular weight excluding hydrogens is 350 g/mol. The summed E-state index contributed by atoms with van der Waals surface area (Å²) in [4.78, 5) is 24.5. The first-order valence-electron chi connectivity index (χ1n) is 7.91. The van der Waals surface area contributed by atoms with Gasteiger partial charge in [0.25, 0.3) is 5.91 Å². The predicted octanol–water partition coefficient (Wildman–Crippen LogP) is 1.99. The van der Waals surface area contributed by atoms with Crippen molar-refractivity contribution in [3.05, 3.63) is 28.3 Å². The van der Waals surface area contributed by atoms with Crippen LogP contribution in [0.25, 0.3) is 0 Å². The number of amides is 1. The van der Waals surface area contributed by atoms with Gasteiger partial charge in [-0.15, -0.1) is 12.4 Å². The van der Waals surface area contributed by atoms with Gasteiger partial charge in [-0.05, 0) is 24.8 Å². The molecule has 1 aromatic carbocycles. The zero-order chi connectivity index (χ0) is 17.7. The number of nitro groups is 1. The van der Waals surface area contributed by atoms with Crippen molar-refractivity contribution in [3.63, 3.8) is 0 Å². The molecule has 0 radical (unpaired) electrons. The molecule has 1 amide bonds. The zero-order valence-corrected chi connectivity index (χ0v) is 15.2. The first kappa shape index (κ1) is 21.0. The average molecular weight is 374 g/mol. The van der Waals surface area contributed by atoms with E-state index in [-0.39, 0.29) is 42.4 Å². The summed E-state index contributed by atoms with van der Waals surface area (Å²) in [7, 11) is 1.35. The number of piperidine rings is 1. The molecule has 1 fully saturated rings. The topological polar surface area (TPSA) is 108 Å². The Morgan fingerprint density at radius 3 is 2.80 bits per heavy atom. The van der Waals surface area contributed by atoms with Crippen molar-refractivity contribution in [2.75, 3.05) is 26.8 Å². The highest BCUT2D eigenvalue weighted by atomic mass is 35.5. The van der Waals surface area contributed by atoms with Crippen molar-refractivity contribution in [2.45, 2.75) is 25.8 Å². The Morgan fingerprint density at radius 2 is 2.20 bits per heavy atom. The number of rotatable bonds is 6. The third kappa shape index (κ3) is 5.20. The number of carbonyl (C=O) groups is 1. The van der Waals surface area contributed by atoms with Crippen LogP contribution in [0.15, 0.2) is 18.2 Å². The standard InChI is InChI=1S/C16H23N3O5.ClH/c1-11-5-6-18(12(7-11)9-17)16(20)10-24-13-3-4-14(19(21)22)15(8-13)23-2;/h3-4,8,11-12H,5-7,9-10,17H2,1-2H3;1H. The minimum atomic E-state index is -0.533. The number of nitro benzene ring substituents is 1. The number of carbonyl (C=O) groups excluding carboxylic acids is 1. The van der Waals surface area contributed by atoms with Crippen molar-refractivity contribution in [1.29, 1.82) is 0 Å². The lowest BCUT2D eigenvalue weighted by molar-refractivity contribution is -0.385. The van der Waals surface area contributed by atoms with Gasteiger partial charge in [-0.25, -0.2) is 0 Å². The van der Waals surface area contributed by atoms with Gasteiger partial charge < -0.3 is 20.1 Å². The van der Waals surface area contributed by atoms with E-state index in [0.29, 0.717) is 24.8 Å². The van der Waals surface area contributed by atoms with Crippen LogP contribution in [-0.2, 0) is 4.79 Å². The maximum absolute atomic E-state index is 12.4. The normalized spacial score (nSPS) is 19.7. The van der Waals surface area contributed by atoms with Gasteiger partial charge in [-0.3, -0.25) is 14.9 Å². The predicted molar refractivity (Wildman–Crippen MR) is 95.3 cm³/mol. The van der Waals surface area contributed by atoms with Crippen LogP contribution in [-0.4, -0.2) is 48.6 Å². The molecule has 25 heavy (non-hydrogen) atoms. The fraction of sp³-hybridized carbons (Fsp3) is 0.562. The van der Waals surface area contributed by atoms with Crippen LogP contribution in [0, 0.1) is 16.0 Å². The first-order valence-corrected chi connectivity index (χ1v) is 7.91. The van der Waals surface area contributed by atoms with Gasteiger partial charge in [-0.1, -0.05) is 6.92 Å². The lowest BCUT2D eigenvalue weighted by Crippen LogP contribution is -2.50. The van der Waals surface area contributed by atoms with E-state index in [1.165, 1.54) is 25.3 Å². The maximum atomic E-state index is 12.4. The number of nitrogens with two attached hydrogens (primary N) is 1. The molecule has 9 heteroatoms. The lowest BCUT2D eigenvalue weighted by atomic mass is 9.92. The molecule has 8 nitrogen and oxygen atoms in total. The number of methoxy groups -OCH3 is 1. The number of hydrogen-bond acceptors (Lipinski definition) is 6. The zero-order valence-electron chi connectivity index (χ0n) is 14.3. The molecule has 1 heterocycles. The van der Waals surface area contributed by atoms with Gasteiger partial charge in [0.2, 0.25) is 5.75 Å². The number of benzene rings is 1. The van der Waals surface area contributed by atoms with Gasteiger partial charge >= 0.3 is 5.69 Å². The molecule has 0 aliphatic carbocycles. The molecule has 1 saturated heterocycles. The summed E-state index contributed by atoms with van der Waals surface area (Å²) in [5.41, 5.74) is 5.62. The quantitative estimate of drug-likeness (QED) is 0.603. The monoisotopic (exact) mass is 373 g/mol. The van der Waals surface area contributed by atoms with E-state index in [2.05, 4.69) is 6.92 Å². The van der Waals surface area contributed by atoms with Crippen LogP contribution in [0.5, 0.6) is 11.5 Å². The molecule has 2 atom stereocenters. The number of halogens is 1. The van der Waals surface area contributed by atoms with Crippen LogP contribution in [0.2, 0.25) is 0 Å². The summed E-state index contributed by atoms with van der Waals surface area (Å²) >= 11 is 0. The Bertz CT molecular complexity index is 613. The van der Waals surface area contributed by atoms with E-state index in [1.54, 1.807) is 4.90 Å². The molecule has 0 spiro atoms. The molecule has 1 aromatic rings. The van der Waals surface area contributed by atoms with Crippen LogP contribution < -0.4 is 15.2 Å². The molecule has 1 aliphatic heterocycles. The second-order valence-electron chi connectivity index (χ2n) is 5.99. The summed E-state index contributed by atoms with van der Waals surface area (Å²) in [5.74, 6) is 0.870. The van der Waals surface area contributed by atoms with Crippen LogP contribution in [0.4, 0.5) is 5.69 Å². The van der Waals surface area contributed by atoms with Crippen LogP contribution >= 0.6 is 12.4 Å². The second kappa shape index (κ2) is 9.43. The van der Waals surface area contributed by atoms with Crippen LogP contribution in [0.3, 0.4) is 0 Å². The maximum Gasteiger partial charge on any atom is 0.311 e. The summed E-state index contributed by atoms with van der Waals surface area (Å²) in [6.45, 7) is 3.13. The Hall–Kier alpha value is -2.06. The molecule has 0 bridgehead atoms. The highest BCUT2D eigenvalue weighted by Crippen LogP contribution is 2.31. The summed E-state index contributed by atoms with van der Waals surface area (Å²) in [5, 5.41) is 10.9. The third-order valence-corrected chi connectivity index (χ3v) is 4.28. The van der Waals surface area contributed by atoms with Gasteiger partial charge in [-0.2, -0.15) is 0 Å². The van der Waals surface area contributed by atoms with Crippen molar-refractivity contribution in [1.82, 2.24) is 4.90 Å². The van der Waals surface area contributed by atoms with E-state index in [9.17, 15) is 14.9 Å². The summed E-state index contributed by atoms with van der Waals surface area (Å²) < 4.78 is 10.5. The first-order chi connectivity index (χ1) is 11.5. The van der Waals surface area contributed by atoms with E-state index in [4.69, 9.17) is 15.2 Å². The third-order valence-electron chi connectivity index (χ3n) is 4.28. The minimum absolute atomic E-state index is 0. The Kier molecular flexibility index (Phi) is 7.92. The fourth-order valence-electron chi connectivity index (χ4n) is 2.93. The molecule has 140 valence electrons. The highest BCUT2D eigenvalue weighted by Gasteiger charge is 2.29. The van der Waals surface area contributed by atoms with Gasteiger partial charge in [0.05, 0.1) is 12.0 Å². The molecule has 2 N–H and O–H groups in total. The smallest absolute Gasteiger partial charge is 0.311 e. The fourth-order valence-corrected chi connectivity index (χ4v) is 2.93. The number of likely N-dealkylation sites (tertiary alicyclic amines) is 1. The van der Waals surface area contributed by atoms with Crippen molar-refractivity contribution < 1.29 is 19.2 Å². The Balaban J connectivity index is 0.00000312. The van der Waals surface area contributed by atoms with Crippen molar-refractivity contribution in [3.8, 4) is 11.5 Å². The minimum Gasteiger partial charge on any atom is -0.490 e. The van der Waals surface area contributed by atoms with Crippen molar-refractivity contribution >= 4 is 24.0 Å². The lowest BCUT2D eigenvalue weighted by Gasteiger charge is -2.37. The second-order valence-corrected chi connectivity index (χ2v) is 5.99. The van der Waals surface area contributed by atoms with E-state index >= 15 is 0 Å². The number of hydrogen-bond donors (Lipinski definition) is 1. The summed E-state index contributed by atoms with van der Waals surface area (Å²) in [6.07, 6.45) is 1.85.